The molecule has 0 unspecified atom stereocenters. The first-order valence-electron chi connectivity index (χ1n) is 5.99. The third-order valence-electron chi connectivity index (χ3n) is 2.93. The summed E-state index contributed by atoms with van der Waals surface area (Å²) in [4.78, 5) is 24.0. The molecule has 1 amide bonds. The molecule has 0 saturated heterocycles. The number of nitrogens with zero attached hydrogens (tertiary/aromatic N) is 1. The lowest BCUT2D eigenvalue weighted by atomic mass is 10.2. The molecule has 20 heavy (non-hydrogen) atoms. The lowest BCUT2D eigenvalue weighted by Gasteiger charge is -2.04. The molecule has 0 bridgehead atoms. The van der Waals surface area contributed by atoms with Crippen molar-refractivity contribution >= 4 is 22.7 Å². The lowest BCUT2D eigenvalue weighted by Crippen LogP contribution is -2.15. The highest BCUT2D eigenvalue weighted by atomic mass is 16.3. The smallest absolute Gasteiger partial charge is 0.292 e. The van der Waals surface area contributed by atoms with E-state index in [-0.39, 0.29) is 11.2 Å². The number of fused-ring (bicyclic) bond motifs is 1. The molecule has 0 atom stereocenters. The van der Waals surface area contributed by atoms with Crippen LogP contribution in [0.3, 0.4) is 0 Å². The predicted octanol–water partition coefficient (Wildman–Crippen LogP) is 2.08. The van der Waals surface area contributed by atoms with Gasteiger partial charge < -0.3 is 9.73 Å². The van der Waals surface area contributed by atoms with Crippen LogP contribution in [0.5, 0.6) is 0 Å². The molecule has 0 aliphatic heterocycles. The van der Waals surface area contributed by atoms with Crippen LogP contribution in [-0.2, 0) is 0 Å². The molecule has 2 aromatic heterocycles. The first-order chi connectivity index (χ1) is 9.65. The van der Waals surface area contributed by atoms with Gasteiger partial charge in [0.2, 0.25) is 0 Å². The summed E-state index contributed by atoms with van der Waals surface area (Å²) < 4.78 is 5.45. The number of H-pyrrole nitrogens is 1. The van der Waals surface area contributed by atoms with Crippen molar-refractivity contribution in [2.75, 3.05) is 5.32 Å². The van der Waals surface area contributed by atoms with Gasteiger partial charge in [-0.2, -0.15) is 5.10 Å². The minimum Gasteiger partial charge on any atom is -0.451 e. The number of aromatic nitrogens is 2. The largest absolute Gasteiger partial charge is 0.451 e. The second-order valence-electron chi connectivity index (χ2n) is 4.35. The van der Waals surface area contributed by atoms with Gasteiger partial charge in [0, 0.05) is 11.6 Å². The Morgan fingerprint density at radius 2 is 2.15 bits per heavy atom. The number of amides is 1. The zero-order valence-electron chi connectivity index (χ0n) is 10.6. The van der Waals surface area contributed by atoms with Gasteiger partial charge in [-0.1, -0.05) is 12.1 Å². The van der Waals surface area contributed by atoms with Crippen LogP contribution in [0.25, 0.3) is 11.0 Å². The quantitative estimate of drug-likeness (QED) is 0.745. The Bertz CT molecular complexity index is 848. The normalized spacial score (nSPS) is 10.7. The van der Waals surface area contributed by atoms with E-state index in [2.05, 4.69) is 15.5 Å². The van der Waals surface area contributed by atoms with Crippen molar-refractivity contribution in [2.45, 2.75) is 6.92 Å². The molecule has 3 aromatic rings. The van der Waals surface area contributed by atoms with Crippen LogP contribution in [0.4, 0.5) is 5.82 Å². The average molecular weight is 269 g/mol. The predicted molar refractivity (Wildman–Crippen MR) is 73.8 cm³/mol. The zero-order valence-corrected chi connectivity index (χ0v) is 10.6. The molecule has 2 heterocycles. The second-order valence-corrected chi connectivity index (χ2v) is 4.35. The Labute approximate surface area is 113 Å². The van der Waals surface area contributed by atoms with Crippen molar-refractivity contribution in [1.82, 2.24) is 10.2 Å². The number of aromatic amines is 1. The summed E-state index contributed by atoms with van der Waals surface area (Å²) in [7, 11) is 0. The highest BCUT2D eigenvalue weighted by molar-refractivity contribution is 6.02. The molecule has 3 rings (SSSR count). The number of anilines is 1. The van der Waals surface area contributed by atoms with Crippen molar-refractivity contribution in [3.8, 4) is 0 Å². The molecule has 100 valence electrons. The molecule has 6 heteroatoms. The monoisotopic (exact) mass is 269 g/mol. The van der Waals surface area contributed by atoms with Crippen LogP contribution >= 0.6 is 0 Å². The van der Waals surface area contributed by atoms with E-state index >= 15 is 0 Å². The third kappa shape index (κ3) is 2.07. The molecular weight excluding hydrogens is 258 g/mol. The summed E-state index contributed by atoms with van der Waals surface area (Å²) in [5.74, 6) is -0.0614. The summed E-state index contributed by atoms with van der Waals surface area (Å²) in [5, 5.41) is 9.51. The van der Waals surface area contributed by atoms with Crippen molar-refractivity contribution in [3.63, 3.8) is 0 Å². The maximum atomic E-state index is 12.1. The Kier molecular flexibility index (Phi) is 2.83. The molecular formula is C14H11N3O3. The van der Waals surface area contributed by atoms with E-state index in [4.69, 9.17) is 4.42 Å². The average Bonchev–Trinajstić information content (AvgIpc) is 2.84. The Balaban J connectivity index is 2.00. The molecule has 0 saturated carbocycles. The van der Waals surface area contributed by atoms with Gasteiger partial charge in [-0.15, -0.1) is 0 Å². The SMILES string of the molecule is Cc1cn[nH]c1NC(=O)c1cc(=O)c2ccccc2o1. The van der Waals surface area contributed by atoms with Crippen LogP contribution in [0, 0.1) is 6.92 Å². The molecule has 0 fully saturated rings. The van der Waals surface area contributed by atoms with Gasteiger partial charge in [-0.05, 0) is 19.1 Å². The van der Waals surface area contributed by atoms with Crippen LogP contribution in [-0.4, -0.2) is 16.1 Å². The van der Waals surface area contributed by atoms with Gasteiger partial charge in [0.25, 0.3) is 5.91 Å². The van der Waals surface area contributed by atoms with E-state index in [1.165, 1.54) is 6.07 Å². The van der Waals surface area contributed by atoms with Gasteiger partial charge in [-0.3, -0.25) is 14.7 Å². The van der Waals surface area contributed by atoms with E-state index < -0.39 is 5.91 Å². The molecule has 2 N–H and O–H groups in total. The standard InChI is InChI=1S/C14H11N3O3/c1-8-7-15-17-13(8)16-14(19)12-6-10(18)9-4-2-3-5-11(9)20-12/h2-7H,1H3,(H2,15,16,17,19). The highest BCUT2D eigenvalue weighted by Gasteiger charge is 2.13. The fourth-order valence-electron chi connectivity index (χ4n) is 1.86. The summed E-state index contributed by atoms with van der Waals surface area (Å²) in [5.41, 5.74) is 0.923. The second kappa shape index (κ2) is 4.65. The number of rotatable bonds is 2. The van der Waals surface area contributed by atoms with Gasteiger partial charge in [-0.25, -0.2) is 0 Å². The Morgan fingerprint density at radius 3 is 2.90 bits per heavy atom. The van der Waals surface area contributed by atoms with E-state index in [0.29, 0.717) is 16.8 Å². The first kappa shape index (κ1) is 12.2. The number of benzene rings is 1. The number of hydrogen-bond donors (Lipinski definition) is 2. The molecule has 0 spiro atoms. The third-order valence-corrected chi connectivity index (χ3v) is 2.93. The van der Waals surface area contributed by atoms with Crippen molar-refractivity contribution in [3.05, 3.63) is 58.1 Å². The van der Waals surface area contributed by atoms with Crippen molar-refractivity contribution < 1.29 is 9.21 Å². The Hall–Kier alpha value is -2.89. The fourth-order valence-corrected chi connectivity index (χ4v) is 1.86. The summed E-state index contributed by atoms with van der Waals surface area (Å²) >= 11 is 0. The number of carbonyl (C=O) groups is 1. The van der Waals surface area contributed by atoms with Crippen LogP contribution in [0.1, 0.15) is 16.1 Å². The topological polar surface area (TPSA) is 88.0 Å². The van der Waals surface area contributed by atoms with Crippen molar-refractivity contribution in [1.29, 1.82) is 0 Å². The maximum Gasteiger partial charge on any atom is 0.292 e. The number of carbonyl (C=O) groups excluding carboxylic acids is 1. The van der Waals surface area contributed by atoms with Crippen LogP contribution in [0.2, 0.25) is 0 Å². The fraction of sp³-hybridized carbons (Fsp3) is 0.0714. The molecule has 6 nitrogen and oxygen atoms in total. The molecule has 1 aromatic carbocycles. The van der Waals surface area contributed by atoms with Crippen LogP contribution in [0.15, 0.2) is 45.7 Å². The van der Waals surface area contributed by atoms with Crippen LogP contribution < -0.4 is 10.7 Å². The van der Waals surface area contributed by atoms with E-state index in [9.17, 15) is 9.59 Å². The number of nitrogens with one attached hydrogen (secondary N) is 2. The van der Waals surface area contributed by atoms with E-state index in [1.54, 1.807) is 37.4 Å². The van der Waals surface area contributed by atoms with Gasteiger partial charge in [0.05, 0.1) is 11.6 Å². The van der Waals surface area contributed by atoms with Crippen molar-refractivity contribution in [2.24, 2.45) is 0 Å². The first-order valence-corrected chi connectivity index (χ1v) is 5.99. The lowest BCUT2D eigenvalue weighted by molar-refractivity contribution is 0.0996. The molecule has 0 aliphatic rings. The number of aryl methyl sites for hydroxylation is 1. The molecule has 0 aliphatic carbocycles. The molecule has 0 radical (unpaired) electrons. The summed E-state index contributed by atoms with van der Waals surface area (Å²) in [6, 6.07) is 7.97. The highest BCUT2D eigenvalue weighted by Crippen LogP contribution is 2.14. The number of para-hydroxylation sites is 1. The summed E-state index contributed by atoms with van der Waals surface area (Å²) in [6.07, 6.45) is 1.59. The van der Waals surface area contributed by atoms with Gasteiger partial charge in [0.15, 0.2) is 11.2 Å². The minimum atomic E-state index is -0.500. The summed E-state index contributed by atoms with van der Waals surface area (Å²) in [6.45, 7) is 1.80. The Morgan fingerprint density at radius 1 is 1.35 bits per heavy atom. The van der Waals surface area contributed by atoms with E-state index in [0.717, 1.165) is 5.56 Å². The number of hydrogen-bond acceptors (Lipinski definition) is 4. The zero-order chi connectivity index (χ0) is 14.1. The minimum absolute atomic E-state index is 0.0392. The maximum absolute atomic E-state index is 12.1. The van der Waals surface area contributed by atoms with E-state index in [1.807, 2.05) is 0 Å². The van der Waals surface area contributed by atoms with Gasteiger partial charge in [0.1, 0.15) is 11.4 Å². The van der Waals surface area contributed by atoms with Gasteiger partial charge >= 0.3 is 0 Å².